The number of ether oxygens (including phenoxy) is 1. The van der Waals surface area contributed by atoms with Crippen molar-refractivity contribution in [3.05, 3.63) is 12.2 Å². The second kappa shape index (κ2) is 6.43. The van der Waals surface area contributed by atoms with Gasteiger partial charge >= 0.3 is 6.09 Å². The Morgan fingerprint density at radius 2 is 2.14 bits per heavy atom. The van der Waals surface area contributed by atoms with Gasteiger partial charge in [-0.1, -0.05) is 0 Å². The second-order valence-electron chi connectivity index (χ2n) is 6.43. The Bertz CT molecular complexity index is 474. The minimum atomic E-state index is -0.449. The highest BCUT2D eigenvalue weighted by Gasteiger charge is 2.31. The highest BCUT2D eigenvalue weighted by molar-refractivity contribution is 5.68. The van der Waals surface area contributed by atoms with Crippen molar-refractivity contribution in [2.75, 3.05) is 0 Å². The number of carbonyl (C=O) groups excluding carboxylic acids is 1. The first-order chi connectivity index (χ1) is 9.87. The minimum absolute atomic E-state index is 0.196. The van der Waals surface area contributed by atoms with Crippen LogP contribution in [0.25, 0.3) is 0 Å². The number of aromatic nitrogens is 3. The van der Waals surface area contributed by atoms with E-state index in [4.69, 9.17) is 4.74 Å². The molecule has 1 saturated carbocycles. The van der Waals surface area contributed by atoms with Crippen LogP contribution in [0.1, 0.15) is 46.4 Å². The SMILES string of the molecule is CCn1cnnc1CNC1CC(NC(=O)OC(C)(C)C)C1. The molecule has 2 rings (SSSR count). The minimum Gasteiger partial charge on any atom is -0.444 e. The van der Waals surface area contributed by atoms with E-state index in [0.717, 1.165) is 25.2 Å². The van der Waals surface area contributed by atoms with Gasteiger partial charge in [0, 0.05) is 18.6 Å². The lowest BCUT2D eigenvalue weighted by Gasteiger charge is -2.36. The third kappa shape index (κ3) is 4.70. The molecule has 0 aromatic carbocycles. The molecule has 0 saturated heterocycles. The molecule has 0 spiro atoms. The topological polar surface area (TPSA) is 81.1 Å². The first-order valence-electron chi connectivity index (χ1n) is 7.47. The van der Waals surface area contributed by atoms with Crippen LogP contribution in [0.5, 0.6) is 0 Å². The molecule has 0 bridgehead atoms. The molecule has 1 aromatic rings. The molecule has 0 atom stereocenters. The van der Waals surface area contributed by atoms with E-state index in [0.29, 0.717) is 12.6 Å². The van der Waals surface area contributed by atoms with Crippen molar-refractivity contribution < 1.29 is 9.53 Å². The quantitative estimate of drug-likeness (QED) is 0.859. The molecular formula is C14H25N5O2. The predicted molar refractivity (Wildman–Crippen MR) is 78.7 cm³/mol. The van der Waals surface area contributed by atoms with Crippen molar-refractivity contribution in [3.8, 4) is 0 Å². The summed E-state index contributed by atoms with van der Waals surface area (Å²) < 4.78 is 7.25. The van der Waals surface area contributed by atoms with Crippen molar-refractivity contribution >= 4 is 6.09 Å². The monoisotopic (exact) mass is 295 g/mol. The van der Waals surface area contributed by atoms with Crippen molar-refractivity contribution in [2.45, 2.75) is 71.3 Å². The molecule has 0 unspecified atom stereocenters. The molecule has 1 aliphatic rings. The number of aryl methyl sites for hydroxylation is 1. The second-order valence-corrected chi connectivity index (χ2v) is 6.43. The first-order valence-corrected chi connectivity index (χ1v) is 7.47. The van der Waals surface area contributed by atoms with Gasteiger partial charge in [-0.05, 0) is 40.5 Å². The van der Waals surface area contributed by atoms with Crippen LogP contribution in [-0.2, 0) is 17.8 Å². The van der Waals surface area contributed by atoms with Crippen LogP contribution >= 0.6 is 0 Å². The highest BCUT2D eigenvalue weighted by Crippen LogP contribution is 2.21. The number of alkyl carbamates (subject to hydrolysis) is 1. The maximum atomic E-state index is 11.6. The summed E-state index contributed by atoms with van der Waals surface area (Å²) in [5, 5.41) is 14.3. The van der Waals surface area contributed by atoms with Crippen LogP contribution in [0.3, 0.4) is 0 Å². The van der Waals surface area contributed by atoms with Crippen LogP contribution in [0.4, 0.5) is 4.79 Å². The molecule has 0 aliphatic heterocycles. The van der Waals surface area contributed by atoms with Gasteiger partial charge < -0.3 is 19.9 Å². The molecule has 7 heteroatoms. The fourth-order valence-electron chi connectivity index (χ4n) is 2.29. The van der Waals surface area contributed by atoms with Crippen molar-refractivity contribution in [3.63, 3.8) is 0 Å². The fraction of sp³-hybridized carbons (Fsp3) is 0.786. The average molecular weight is 295 g/mol. The van der Waals surface area contributed by atoms with Gasteiger partial charge in [-0.25, -0.2) is 4.79 Å². The highest BCUT2D eigenvalue weighted by atomic mass is 16.6. The van der Waals surface area contributed by atoms with Gasteiger partial charge in [0.05, 0.1) is 6.54 Å². The van der Waals surface area contributed by atoms with E-state index in [9.17, 15) is 4.79 Å². The molecule has 2 N–H and O–H groups in total. The molecule has 1 fully saturated rings. The van der Waals surface area contributed by atoms with Gasteiger partial charge in [0.25, 0.3) is 0 Å². The van der Waals surface area contributed by atoms with E-state index in [1.165, 1.54) is 0 Å². The fourth-order valence-corrected chi connectivity index (χ4v) is 2.29. The zero-order valence-corrected chi connectivity index (χ0v) is 13.2. The zero-order valence-electron chi connectivity index (χ0n) is 13.2. The molecule has 118 valence electrons. The molecule has 1 heterocycles. The Hall–Kier alpha value is -1.63. The van der Waals surface area contributed by atoms with Gasteiger partial charge in [-0.15, -0.1) is 10.2 Å². The van der Waals surface area contributed by atoms with E-state index >= 15 is 0 Å². The molecule has 21 heavy (non-hydrogen) atoms. The Balaban J connectivity index is 1.64. The number of carbonyl (C=O) groups is 1. The number of amides is 1. The number of hydrogen-bond donors (Lipinski definition) is 2. The van der Waals surface area contributed by atoms with Crippen LogP contribution in [0, 0.1) is 0 Å². The average Bonchev–Trinajstić information content (AvgIpc) is 2.76. The molecule has 1 aromatic heterocycles. The van der Waals surface area contributed by atoms with Crippen molar-refractivity contribution in [1.82, 2.24) is 25.4 Å². The van der Waals surface area contributed by atoms with E-state index < -0.39 is 5.60 Å². The summed E-state index contributed by atoms with van der Waals surface area (Å²) in [6, 6.07) is 0.605. The van der Waals surface area contributed by atoms with Crippen LogP contribution in [0.2, 0.25) is 0 Å². The molecule has 1 aliphatic carbocycles. The third-order valence-electron chi connectivity index (χ3n) is 3.44. The smallest absolute Gasteiger partial charge is 0.407 e. The summed E-state index contributed by atoms with van der Waals surface area (Å²) in [7, 11) is 0. The van der Waals surface area contributed by atoms with Crippen LogP contribution in [-0.4, -0.2) is 38.5 Å². The zero-order chi connectivity index (χ0) is 15.5. The van der Waals surface area contributed by atoms with Crippen LogP contribution in [0.15, 0.2) is 6.33 Å². The van der Waals surface area contributed by atoms with Gasteiger partial charge in [0.15, 0.2) is 0 Å². The number of nitrogens with zero attached hydrogens (tertiary/aromatic N) is 3. The molecule has 0 radical (unpaired) electrons. The Kier molecular flexibility index (Phi) is 4.82. The third-order valence-corrected chi connectivity index (χ3v) is 3.44. The van der Waals surface area contributed by atoms with Crippen LogP contribution < -0.4 is 10.6 Å². The summed E-state index contributed by atoms with van der Waals surface area (Å²) in [5.41, 5.74) is -0.449. The number of hydrogen-bond acceptors (Lipinski definition) is 5. The standard InChI is InChI=1S/C14H25N5O2/c1-5-19-9-16-18-12(19)8-15-10-6-11(7-10)17-13(20)21-14(2,3)4/h9-11,15H,5-8H2,1-4H3,(H,17,20). The van der Waals surface area contributed by atoms with Gasteiger partial charge in [0.1, 0.15) is 17.8 Å². The van der Waals surface area contributed by atoms with Crippen molar-refractivity contribution in [1.29, 1.82) is 0 Å². The molecule has 1 amide bonds. The maximum Gasteiger partial charge on any atom is 0.407 e. The Labute approximate surface area is 125 Å². The lowest BCUT2D eigenvalue weighted by Crippen LogP contribution is -2.53. The van der Waals surface area contributed by atoms with Gasteiger partial charge in [-0.3, -0.25) is 0 Å². The first kappa shape index (κ1) is 15.8. The number of nitrogens with one attached hydrogen (secondary N) is 2. The summed E-state index contributed by atoms with van der Waals surface area (Å²) >= 11 is 0. The Morgan fingerprint density at radius 1 is 1.43 bits per heavy atom. The lowest BCUT2D eigenvalue weighted by atomic mass is 9.87. The summed E-state index contributed by atoms with van der Waals surface area (Å²) in [4.78, 5) is 11.6. The van der Waals surface area contributed by atoms with Gasteiger partial charge in [0.2, 0.25) is 0 Å². The normalized spacial score (nSPS) is 21.7. The van der Waals surface area contributed by atoms with Crippen molar-refractivity contribution in [2.24, 2.45) is 0 Å². The summed E-state index contributed by atoms with van der Waals surface area (Å²) in [6.45, 7) is 9.23. The lowest BCUT2D eigenvalue weighted by molar-refractivity contribution is 0.0465. The van der Waals surface area contributed by atoms with E-state index in [-0.39, 0.29) is 12.1 Å². The maximum absolute atomic E-state index is 11.6. The number of rotatable bonds is 5. The van der Waals surface area contributed by atoms with E-state index in [2.05, 4.69) is 27.8 Å². The predicted octanol–water partition coefficient (Wildman–Crippen LogP) is 1.44. The summed E-state index contributed by atoms with van der Waals surface area (Å²) in [5.74, 6) is 0.945. The largest absolute Gasteiger partial charge is 0.444 e. The van der Waals surface area contributed by atoms with E-state index in [1.807, 2.05) is 25.3 Å². The van der Waals surface area contributed by atoms with Gasteiger partial charge in [-0.2, -0.15) is 0 Å². The molecule has 7 nitrogen and oxygen atoms in total. The molecular weight excluding hydrogens is 270 g/mol. The summed E-state index contributed by atoms with van der Waals surface area (Å²) in [6.07, 6.45) is 3.24. The van der Waals surface area contributed by atoms with E-state index in [1.54, 1.807) is 6.33 Å². The Morgan fingerprint density at radius 3 is 2.76 bits per heavy atom.